The van der Waals surface area contributed by atoms with Crippen LogP contribution in [0.3, 0.4) is 0 Å². The van der Waals surface area contributed by atoms with E-state index in [4.69, 9.17) is 4.74 Å². The Hall–Kier alpha value is -3.34. The number of hydrogen-bond donors (Lipinski definition) is 1. The lowest BCUT2D eigenvalue weighted by Crippen LogP contribution is -2.35. The summed E-state index contributed by atoms with van der Waals surface area (Å²) in [6.45, 7) is 2.71. The Morgan fingerprint density at radius 1 is 1.18 bits per heavy atom. The topological polar surface area (TPSA) is 54.5 Å². The van der Waals surface area contributed by atoms with Crippen LogP contribution in [0.5, 0.6) is 5.75 Å². The van der Waals surface area contributed by atoms with E-state index >= 15 is 0 Å². The molecular formula is C23H23N3O2. The number of para-hydroxylation sites is 1. The van der Waals surface area contributed by atoms with Crippen LogP contribution in [0.2, 0.25) is 0 Å². The minimum absolute atomic E-state index is 0.00680. The second kappa shape index (κ2) is 7.72. The van der Waals surface area contributed by atoms with Gasteiger partial charge in [0.15, 0.2) is 0 Å². The Morgan fingerprint density at radius 2 is 1.96 bits per heavy atom. The zero-order valence-corrected chi connectivity index (χ0v) is 16.1. The van der Waals surface area contributed by atoms with Gasteiger partial charge in [-0.2, -0.15) is 0 Å². The minimum Gasteiger partial charge on any atom is -0.497 e. The van der Waals surface area contributed by atoms with Gasteiger partial charge in [-0.25, -0.2) is 4.98 Å². The molecule has 28 heavy (non-hydrogen) atoms. The zero-order chi connectivity index (χ0) is 19.5. The first-order chi connectivity index (χ1) is 13.7. The van der Waals surface area contributed by atoms with Crippen molar-refractivity contribution >= 4 is 17.4 Å². The Balaban J connectivity index is 1.49. The lowest BCUT2D eigenvalue weighted by Gasteiger charge is -2.23. The molecule has 142 valence electrons. The molecule has 1 aromatic heterocycles. The summed E-state index contributed by atoms with van der Waals surface area (Å²) in [5.74, 6) is 1.52. The molecule has 0 aliphatic carbocycles. The first kappa shape index (κ1) is 18.0. The van der Waals surface area contributed by atoms with Crippen molar-refractivity contribution in [3.63, 3.8) is 0 Å². The van der Waals surface area contributed by atoms with E-state index < -0.39 is 0 Å². The number of nitrogens with zero attached hydrogens (tertiary/aromatic N) is 2. The molecule has 0 radical (unpaired) electrons. The monoisotopic (exact) mass is 373 g/mol. The van der Waals surface area contributed by atoms with E-state index in [-0.39, 0.29) is 11.9 Å². The van der Waals surface area contributed by atoms with Gasteiger partial charge in [0, 0.05) is 30.0 Å². The van der Waals surface area contributed by atoms with Crippen molar-refractivity contribution in [1.82, 2.24) is 4.98 Å². The molecule has 0 saturated carbocycles. The van der Waals surface area contributed by atoms with E-state index in [1.54, 1.807) is 19.4 Å². The molecular weight excluding hydrogens is 350 g/mol. The van der Waals surface area contributed by atoms with E-state index in [0.29, 0.717) is 17.9 Å². The summed E-state index contributed by atoms with van der Waals surface area (Å²) in [7, 11) is 1.65. The van der Waals surface area contributed by atoms with Gasteiger partial charge in [-0.3, -0.25) is 4.79 Å². The number of amides is 1. The molecule has 1 amide bonds. The minimum atomic E-state index is 0.00680. The Morgan fingerprint density at radius 3 is 2.75 bits per heavy atom. The van der Waals surface area contributed by atoms with Crippen LogP contribution in [0, 0.1) is 0 Å². The van der Waals surface area contributed by atoms with Crippen molar-refractivity contribution < 1.29 is 9.53 Å². The predicted molar refractivity (Wildman–Crippen MR) is 111 cm³/mol. The fourth-order valence-electron chi connectivity index (χ4n) is 3.61. The molecule has 5 heteroatoms. The molecule has 1 N–H and O–H groups in total. The maximum atomic E-state index is 13.2. The van der Waals surface area contributed by atoms with Gasteiger partial charge in [-0.05, 0) is 54.8 Å². The van der Waals surface area contributed by atoms with Crippen LogP contribution in [0.1, 0.15) is 28.4 Å². The van der Waals surface area contributed by atoms with Crippen LogP contribution in [0.25, 0.3) is 0 Å². The van der Waals surface area contributed by atoms with Gasteiger partial charge in [-0.15, -0.1) is 0 Å². The van der Waals surface area contributed by atoms with Crippen molar-refractivity contribution in [2.75, 3.05) is 17.3 Å². The Bertz CT molecular complexity index is 985. The van der Waals surface area contributed by atoms with E-state index in [9.17, 15) is 4.79 Å². The number of benzene rings is 2. The SMILES string of the molecule is COc1ccc(CNc2cc(C(=O)N3c4ccccc4CC3C)ccn2)cc1. The molecule has 3 aromatic rings. The highest BCUT2D eigenvalue weighted by Gasteiger charge is 2.31. The standard InChI is InChI=1S/C23H23N3O2/c1-16-13-18-5-3-4-6-21(18)26(16)23(27)19-11-12-24-22(14-19)25-15-17-7-9-20(28-2)10-8-17/h3-12,14,16H,13,15H2,1-2H3,(H,24,25). The summed E-state index contributed by atoms with van der Waals surface area (Å²) >= 11 is 0. The first-order valence-corrected chi connectivity index (χ1v) is 9.40. The van der Waals surface area contributed by atoms with Crippen LogP contribution >= 0.6 is 0 Å². The maximum Gasteiger partial charge on any atom is 0.258 e. The summed E-state index contributed by atoms with van der Waals surface area (Å²) in [6.07, 6.45) is 2.56. The highest BCUT2D eigenvalue weighted by Crippen LogP contribution is 2.33. The Labute approximate surface area is 165 Å². The molecule has 1 aliphatic rings. The van der Waals surface area contributed by atoms with Crippen LogP contribution in [0.4, 0.5) is 11.5 Å². The zero-order valence-electron chi connectivity index (χ0n) is 16.1. The summed E-state index contributed by atoms with van der Waals surface area (Å²) < 4.78 is 5.18. The molecule has 2 aromatic carbocycles. The van der Waals surface area contributed by atoms with Gasteiger partial charge in [0.1, 0.15) is 11.6 Å². The largest absolute Gasteiger partial charge is 0.497 e. The van der Waals surface area contributed by atoms with Crippen molar-refractivity contribution in [3.8, 4) is 5.75 Å². The van der Waals surface area contributed by atoms with Crippen LogP contribution < -0.4 is 15.0 Å². The number of aromatic nitrogens is 1. The second-order valence-corrected chi connectivity index (χ2v) is 6.99. The molecule has 1 unspecified atom stereocenters. The molecule has 1 aliphatic heterocycles. The number of methoxy groups -OCH3 is 1. The molecule has 0 spiro atoms. The quantitative estimate of drug-likeness (QED) is 0.725. The molecule has 1 atom stereocenters. The molecule has 5 nitrogen and oxygen atoms in total. The van der Waals surface area contributed by atoms with E-state index in [1.165, 1.54) is 5.56 Å². The summed E-state index contributed by atoms with van der Waals surface area (Å²) in [5, 5.41) is 3.29. The molecule has 0 saturated heterocycles. The highest BCUT2D eigenvalue weighted by atomic mass is 16.5. The molecule has 0 fully saturated rings. The fraction of sp³-hybridized carbons (Fsp3) is 0.217. The number of anilines is 2. The average molecular weight is 373 g/mol. The van der Waals surface area contributed by atoms with Gasteiger partial charge in [-0.1, -0.05) is 30.3 Å². The van der Waals surface area contributed by atoms with Gasteiger partial charge in [0.05, 0.1) is 7.11 Å². The fourth-order valence-corrected chi connectivity index (χ4v) is 3.61. The number of ether oxygens (including phenoxy) is 1. The van der Waals surface area contributed by atoms with Crippen molar-refractivity contribution in [1.29, 1.82) is 0 Å². The molecule has 0 bridgehead atoms. The van der Waals surface area contributed by atoms with Gasteiger partial charge >= 0.3 is 0 Å². The summed E-state index contributed by atoms with van der Waals surface area (Å²) in [5.41, 5.74) is 3.97. The number of pyridine rings is 1. The number of carbonyl (C=O) groups excluding carboxylic acids is 1. The smallest absolute Gasteiger partial charge is 0.258 e. The Kier molecular flexibility index (Phi) is 4.98. The number of carbonyl (C=O) groups is 1. The average Bonchev–Trinajstić information content (AvgIpc) is 3.08. The number of rotatable bonds is 5. The van der Waals surface area contributed by atoms with Crippen LogP contribution in [-0.2, 0) is 13.0 Å². The molecule has 4 rings (SSSR count). The number of nitrogens with one attached hydrogen (secondary N) is 1. The van der Waals surface area contributed by atoms with E-state index in [1.807, 2.05) is 53.4 Å². The van der Waals surface area contributed by atoms with E-state index in [0.717, 1.165) is 23.4 Å². The normalized spacial score (nSPS) is 15.2. The lowest BCUT2D eigenvalue weighted by molar-refractivity contribution is 0.0981. The van der Waals surface area contributed by atoms with E-state index in [2.05, 4.69) is 23.3 Å². The third-order valence-corrected chi connectivity index (χ3v) is 5.07. The van der Waals surface area contributed by atoms with Gasteiger partial charge in [0.25, 0.3) is 5.91 Å². The number of fused-ring (bicyclic) bond motifs is 1. The van der Waals surface area contributed by atoms with Crippen LogP contribution in [0.15, 0.2) is 66.9 Å². The van der Waals surface area contributed by atoms with Crippen LogP contribution in [-0.4, -0.2) is 24.0 Å². The second-order valence-electron chi connectivity index (χ2n) is 6.99. The maximum absolute atomic E-state index is 13.2. The predicted octanol–water partition coefficient (Wildman–Crippen LogP) is 4.29. The summed E-state index contributed by atoms with van der Waals surface area (Å²) in [4.78, 5) is 19.4. The van der Waals surface area contributed by atoms with Gasteiger partial charge in [0.2, 0.25) is 0 Å². The lowest BCUT2D eigenvalue weighted by atomic mass is 10.1. The first-order valence-electron chi connectivity index (χ1n) is 9.40. The van der Waals surface area contributed by atoms with Crippen molar-refractivity contribution in [2.24, 2.45) is 0 Å². The third-order valence-electron chi connectivity index (χ3n) is 5.07. The third kappa shape index (κ3) is 3.56. The number of hydrogen-bond acceptors (Lipinski definition) is 4. The summed E-state index contributed by atoms with van der Waals surface area (Å²) in [6, 6.07) is 19.7. The van der Waals surface area contributed by atoms with Crippen molar-refractivity contribution in [2.45, 2.75) is 25.9 Å². The molecule has 2 heterocycles. The van der Waals surface area contributed by atoms with Crippen molar-refractivity contribution in [3.05, 3.63) is 83.6 Å². The van der Waals surface area contributed by atoms with Gasteiger partial charge < -0.3 is 15.0 Å². The highest BCUT2D eigenvalue weighted by molar-refractivity contribution is 6.08.